The van der Waals surface area contributed by atoms with Gasteiger partial charge in [0, 0.05) is 18.5 Å². The van der Waals surface area contributed by atoms with Crippen LogP contribution in [-0.4, -0.2) is 11.4 Å². The van der Waals surface area contributed by atoms with Gasteiger partial charge in [-0.15, -0.1) is 0 Å². The van der Waals surface area contributed by atoms with Crippen LogP contribution in [0.25, 0.3) is 0 Å². The largest absolute Gasteiger partial charge is 0.352 e. The number of carbonyl (C=O) groups excluding carboxylic acids is 1. The smallest absolute Gasteiger partial charge is 0.222 e. The Morgan fingerprint density at radius 2 is 2.00 bits per heavy atom. The van der Waals surface area contributed by atoms with E-state index in [9.17, 15) is 4.79 Å². The standard InChI is InChI=1S/C13H18N2O/c14-13(7-4-8-13)9-12(16)15-10-11-5-2-1-3-6-11/h1-3,5-6H,4,7-10,14H2,(H,15,16). The number of rotatable bonds is 4. The second-order valence-corrected chi connectivity index (χ2v) is 4.66. The molecule has 0 atom stereocenters. The van der Waals surface area contributed by atoms with E-state index in [4.69, 9.17) is 5.73 Å². The molecule has 16 heavy (non-hydrogen) atoms. The third-order valence-corrected chi connectivity index (χ3v) is 3.19. The highest BCUT2D eigenvalue weighted by molar-refractivity contribution is 5.77. The molecule has 86 valence electrons. The number of nitrogens with two attached hydrogens (primary N) is 1. The molecule has 3 nitrogen and oxygen atoms in total. The summed E-state index contributed by atoms with van der Waals surface area (Å²) in [4.78, 5) is 11.6. The monoisotopic (exact) mass is 218 g/mol. The van der Waals surface area contributed by atoms with Gasteiger partial charge in [0.2, 0.25) is 5.91 Å². The van der Waals surface area contributed by atoms with E-state index in [0.717, 1.165) is 24.8 Å². The first-order chi connectivity index (χ1) is 7.68. The van der Waals surface area contributed by atoms with E-state index in [1.165, 1.54) is 0 Å². The summed E-state index contributed by atoms with van der Waals surface area (Å²) in [6, 6.07) is 9.91. The quantitative estimate of drug-likeness (QED) is 0.806. The summed E-state index contributed by atoms with van der Waals surface area (Å²) >= 11 is 0. The molecule has 0 bridgehead atoms. The van der Waals surface area contributed by atoms with Crippen LogP contribution >= 0.6 is 0 Å². The molecule has 3 N–H and O–H groups in total. The molecule has 0 heterocycles. The Kier molecular flexibility index (Phi) is 3.25. The Balaban J connectivity index is 1.76. The van der Waals surface area contributed by atoms with Crippen LogP contribution in [0.1, 0.15) is 31.2 Å². The fraction of sp³-hybridized carbons (Fsp3) is 0.462. The van der Waals surface area contributed by atoms with Crippen molar-refractivity contribution in [2.45, 2.75) is 37.8 Å². The highest BCUT2D eigenvalue weighted by Gasteiger charge is 2.34. The van der Waals surface area contributed by atoms with Crippen LogP contribution in [0.15, 0.2) is 30.3 Å². The van der Waals surface area contributed by atoms with Crippen LogP contribution in [0.2, 0.25) is 0 Å². The Bertz CT molecular complexity index is 357. The lowest BCUT2D eigenvalue weighted by Crippen LogP contribution is -2.49. The van der Waals surface area contributed by atoms with E-state index in [1.54, 1.807) is 0 Å². The van der Waals surface area contributed by atoms with Gasteiger partial charge in [-0.05, 0) is 24.8 Å². The van der Waals surface area contributed by atoms with Crippen molar-refractivity contribution >= 4 is 5.91 Å². The summed E-state index contributed by atoms with van der Waals surface area (Å²) in [5, 5.41) is 2.90. The molecule has 1 aromatic carbocycles. The van der Waals surface area contributed by atoms with Crippen molar-refractivity contribution in [3.8, 4) is 0 Å². The Morgan fingerprint density at radius 3 is 2.56 bits per heavy atom. The van der Waals surface area contributed by atoms with Gasteiger partial charge in [0.1, 0.15) is 0 Å². The lowest BCUT2D eigenvalue weighted by molar-refractivity contribution is -0.123. The van der Waals surface area contributed by atoms with E-state index in [-0.39, 0.29) is 11.4 Å². The Morgan fingerprint density at radius 1 is 1.31 bits per heavy atom. The van der Waals surface area contributed by atoms with Crippen molar-refractivity contribution in [2.75, 3.05) is 0 Å². The molecule has 0 unspecified atom stereocenters. The lowest BCUT2D eigenvalue weighted by Gasteiger charge is -2.37. The van der Waals surface area contributed by atoms with Crippen LogP contribution in [0.3, 0.4) is 0 Å². The second kappa shape index (κ2) is 4.66. The minimum Gasteiger partial charge on any atom is -0.352 e. The zero-order valence-electron chi connectivity index (χ0n) is 9.41. The van der Waals surface area contributed by atoms with Crippen LogP contribution in [0.5, 0.6) is 0 Å². The fourth-order valence-electron chi connectivity index (χ4n) is 1.99. The number of carbonyl (C=O) groups is 1. The number of benzene rings is 1. The molecule has 1 saturated carbocycles. The van der Waals surface area contributed by atoms with Crippen molar-refractivity contribution in [1.29, 1.82) is 0 Å². The van der Waals surface area contributed by atoms with Gasteiger partial charge in [-0.1, -0.05) is 30.3 Å². The summed E-state index contributed by atoms with van der Waals surface area (Å²) in [6.45, 7) is 0.593. The number of hydrogen-bond acceptors (Lipinski definition) is 2. The summed E-state index contributed by atoms with van der Waals surface area (Å²) < 4.78 is 0. The predicted molar refractivity (Wildman–Crippen MR) is 63.7 cm³/mol. The van der Waals surface area contributed by atoms with Gasteiger partial charge in [0.25, 0.3) is 0 Å². The molecule has 1 fully saturated rings. The minimum atomic E-state index is -0.221. The summed E-state index contributed by atoms with van der Waals surface area (Å²) in [5.41, 5.74) is 6.91. The van der Waals surface area contributed by atoms with E-state index in [2.05, 4.69) is 5.32 Å². The Labute approximate surface area is 96.0 Å². The first-order valence-corrected chi connectivity index (χ1v) is 5.77. The van der Waals surface area contributed by atoms with Crippen molar-refractivity contribution in [3.05, 3.63) is 35.9 Å². The molecule has 0 aromatic heterocycles. The average molecular weight is 218 g/mol. The molecule has 0 saturated heterocycles. The van der Waals surface area contributed by atoms with E-state index < -0.39 is 0 Å². The molecular formula is C13H18N2O. The molecule has 2 rings (SSSR count). The fourth-order valence-corrected chi connectivity index (χ4v) is 1.99. The van der Waals surface area contributed by atoms with E-state index in [1.807, 2.05) is 30.3 Å². The van der Waals surface area contributed by atoms with Crippen LogP contribution in [0.4, 0.5) is 0 Å². The first-order valence-electron chi connectivity index (χ1n) is 5.77. The normalized spacial score (nSPS) is 17.6. The maximum atomic E-state index is 11.6. The van der Waals surface area contributed by atoms with Gasteiger partial charge >= 0.3 is 0 Å². The van der Waals surface area contributed by atoms with Crippen LogP contribution in [0, 0.1) is 0 Å². The molecule has 1 amide bonds. The topological polar surface area (TPSA) is 55.1 Å². The first kappa shape index (κ1) is 11.1. The average Bonchev–Trinajstić information content (AvgIpc) is 2.26. The zero-order valence-corrected chi connectivity index (χ0v) is 9.41. The van der Waals surface area contributed by atoms with E-state index >= 15 is 0 Å². The van der Waals surface area contributed by atoms with Gasteiger partial charge in [0.15, 0.2) is 0 Å². The van der Waals surface area contributed by atoms with Gasteiger partial charge in [-0.2, -0.15) is 0 Å². The third kappa shape index (κ3) is 2.83. The summed E-state index contributed by atoms with van der Waals surface area (Å²) in [5.74, 6) is 0.0612. The predicted octanol–water partition coefficient (Wildman–Crippen LogP) is 1.57. The number of amides is 1. The zero-order chi connectivity index (χ0) is 11.4. The van der Waals surface area contributed by atoms with Gasteiger partial charge in [0.05, 0.1) is 0 Å². The van der Waals surface area contributed by atoms with Gasteiger partial charge < -0.3 is 11.1 Å². The highest BCUT2D eigenvalue weighted by Crippen LogP contribution is 2.31. The molecule has 0 aliphatic heterocycles. The summed E-state index contributed by atoms with van der Waals surface area (Å²) in [6.07, 6.45) is 3.57. The molecule has 1 aliphatic rings. The molecule has 0 radical (unpaired) electrons. The maximum absolute atomic E-state index is 11.6. The highest BCUT2D eigenvalue weighted by atomic mass is 16.1. The molecule has 0 spiro atoms. The molecule has 1 aromatic rings. The maximum Gasteiger partial charge on any atom is 0.222 e. The van der Waals surface area contributed by atoms with Crippen LogP contribution in [-0.2, 0) is 11.3 Å². The molecule has 1 aliphatic carbocycles. The Hall–Kier alpha value is -1.35. The number of hydrogen-bond donors (Lipinski definition) is 2. The lowest BCUT2D eigenvalue weighted by atomic mass is 9.75. The van der Waals surface area contributed by atoms with Gasteiger partial charge in [-0.25, -0.2) is 0 Å². The van der Waals surface area contributed by atoms with Crippen molar-refractivity contribution in [3.63, 3.8) is 0 Å². The number of nitrogens with one attached hydrogen (secondary N) is 1. The van der Waals surface area contributed by atoms with Crippen LogP contribution < -0.4 is 11.1 Å². The molecule has 3 heteroatoms. The van der Waals surface area contributed by atoms with E-state index in [0.29, 0.717) is 13.0 Å². The minimum absolute atomic E-state index is 0.0612. The van der Waals surface area contributed by atoms with Gasteiger partial charge in [-0.3, -0.25) is 4.79 Å². The van der Waals surface area contributed by atoms with Crippen molar-refractivity contribution in [1.82, 2.24) is 5.32 Å². The molecular weight excluding hydrogens is 200 g/mol. The second-order valence-electron chi connectivity index (χ2n) is 4.66. The van der Waals surface area contributed by atoms with Crippen molar-refractivity contribution in [2.24, 2.45) is 5.73 Å². The summed E-state index contributed by atoms with van der Waals surface area (Å²) in [7, 11) is 0. The third-order valence-electron chi connectivity index (χ3n) is 3.19. The van der Waals surface area contributed by atoms with Crippen molar-refractivity contribution < 1.29 is 4.79 Å². The SMILES string of the molecule is NC1(CC(=O)NCc2ccccc2)CCC1.